The van der Waals surface area contributed by atoms with Crippen molar-refractivity contribution in [3.8, 4) is 34.1 Å². The number of nitrogens with zero attached hydrogens (tertiary/aromatic N) is 5. The van der Waals surface area contributed by atoms with Crippen LogP contribution in [0.5, 0.6) is 0 Å². The van der Waals surface area contributed by atoms with E-state index in [1.807, 2.05) is 37.4 Å². The number of aryl methyl sites for hydroxylation is 1. The SMILES string of the molecule is Cn1cnnc1-c1cc(F)ccc1-c1cc(-c2nc3ccccc3o2)nc(C2CC2)c1. The van der Waals surface area contributed by atoms with Gasteiger partial charge in [0.2, 0.25) is 5.89 Å². The van der Waals surface area contributed by atoms with E-state index >= 15 is 0 Å². The number of aromatic nitrogens is 5. The summed E-state index contributed by atoms with van der Waals surface area (Å²) in [6.07, 6.45) is 3.84. The number of fused-ring (bicyclic) bond motifs is 1. The summed E-state index contributed by atoms with van der Waals surface area (Å²) in [4.78, 5) is 9.47. The Bertz CT molecular complexity index is 1400. The van der Waals surface area contributed by atoms with Crippen LogP contribution < -0.4 is 0 Å². The quantitative estimate of drug-likeness (QED) is 0.398. The Morgan fingerprint density at radius 3 is 2.65 bits per heavy atom. The van der Waals surface area contributed by atoms with E-state index in [9.17, 15) is 4.39 Å². The first-order valence-electron chi connectivity index (χ1n) is 10.2. The molecule has 0 unspecified atom stereocenters. The van der Waals surface area contributed by atoms with Crippen molar-refractivity contribution in [2.45, 2.75) is 18.8 Å². The van der Waals surface area contributed by atoms with Crippen molar-refractivity contribution in [3.05, 3.63) is 72.4 Å². The summed E-state index contributed by atoms with van der Waals surface area (Å²) in [5.41, 5.74) is 5.65. The van der Waals surface area contributed by atoms with Gasteiger partial charge in [0.05, 0.1) is 0 Å². The Kier molecular flexibility index (Phi) is 3.96. The summed E-state index contributed by atoms with van der Waals surface area (Å²) in [5.74, 6) is 1.19. The summed E-state index contributed by atoms with van der Waals surface area (Å²) < 4.78 is 21.9. The monoisotopic (exact) mass is 411 g/mol. The molecule has 2 aromatic carbocycles. The lowest BCUT2D eigenvalue weighted by Gasteiger charge is -2.12. The van der Waals surface area contributed by atoms with Gasteiger partial charge in [0.15, 0.2) is 11.4 Å². The molecular formula is C24H18FN5O. The average molecular weight is 411 g/mol. The third-order valence-corrected chi connectivity index (χ3v) is 5.60. The van der Waals surface area contributed by atoms with Gasteiger partial charge in [-0.05, 0) is 60.4 Å². The van der Waals surface area contributed by atoms with E-state index < -0.39 is 0 Å². The van der Waals surface area contributed by atoms with Crippen molar-refractivity contribution >= 4 is 11.1 Å². The van der Waals surface area contributed by atoms with E-state index in [-0.39, 0.29) is 5.82 Å². The van der Waals surface area contributed by atoms with Crippen LogP contribution in [0.15, 0.2) is 65.3 Å². The fraction of sp³-hybridized carbons (Fsp3) is 0.167. The molecule has 6 rings (SSSR count). The second kappa shape index (κ2) is 6.84. The number of rotatable bonds is 4. The van der Waals surface area contributed by atoms with E-state index in [2.05, 4.69) is 21.2 Å². The van der Waals surface area contributed by atoms with Crippen LogP contribution in [0, 0.1) is 5.82 Å². The van der Waals surface area contributed by atoms with Gasteiger partial charge in [-0.25, -0.2) is 14.4 Å². The van der Waals surface area contributed by atoms with Crippen molar-refractivity contribution in [2.24, 2.45) is 7.05 Å². The van der Waals surface area contributed by atoms with Gasteiger partial charge in [-0.1, -0.05) is 18.2 Å². The van der Waals surface area contributed by atoms with Gasteiger partial charge in [0.25, 0.3) is 0 Å². The van der Waals surface area contributed by atoms with Crippen molar-refractivity contribution in [1.82, 2.24) is 24.7 Å². The van der Waals surface area contributed by atoms with Crippen LogP contribution in [-0.2, 0) is 7.05 Å². The molecule has 3 heterocycles. The minimum absolute atomic E-state index is 0.322. The van der Waals surface area contributed by atoms with Crippen molar-refractivity contribution in [1.29, 1.82) is 0 Å². The minimum Gasteiger partial charge on any atom is -0.435 e. The predicted molar refractivity (Wildman–Crippen MR) is 115 cm³/mol. The van der Waals surface area contributed by atoms with Crippen LogP contribution in [0.1, 0.15) is 24.5 Å². The first-order chi connectivity index (χ1) is 15.2. The maximum absolute atomic E-state index is 14.2. The highest BCUT2D eigenvalue weighted by Gasteiger charge is 2.27. The van der Waals surface area contributed by atoms with Crippen LogP contribution in [-0.4, -0.2) is 24.7 Å². The van der Waals surface area contributed by atoms with Gasteiger partial charge >= 0.3 is 0 Å². The van der Waals surface area contributed by atoms with Gasteiger partial charge in [-0.3, -0.25) is 0 Å². The Morgan fingerprint density at radius 1 is 1.00 bits per heavy atom. The van der Waals surface area contributed by atoms with E-state index in [4.69, 9.17) is 9.40 Å². The zero-order valence-electron chi connectivity index (χ0n) is 16.8. The van der Waals surface area contributed by atoms with Gasteiger partial charge < -0.3 is 8.98 Å². The van der Waals surface area contributed by atoms with Crippen molar-refractivity contribution in [2.75, 3.05) is 0 Å². The molecule has 1 saturated carbocycles. The standard InChI is InChI=1S/C24H18FN5O/c1-30-13-26-29-23(30)18-12-16(25)8-9-17(18)15-10-20(14-6-7-14)27-21(11-15)24-28-19-4-2-3-5-22(19)31-24/h2-5,8-14H,6-7H2,1H3. The number of halogens is 1. The van der Waals surface area contributed by atoms with Crippen LogP contribution in [0.4, 0.5) is 4.39 Å². The van der Waals surface area contributed by atoms with Gasteiger partial charge in [0, 0.05) is 24.2 Å². The van der Waals surface area contributed by atoms with E-state index in [1.165, 1.54) is 12.1 Å². The molecule has 0 atom stereocenters. The van der Waals surface area contributed by atoms with Gasteiger partial charge in [-0.15, -0.1) is 10.2 Å². The molecule has 5 aromatic rings. The lowest BCUT2D eigenvalue weighted by molar-refractivity contribution is 0.616. The smallest absolute Gasteiger partial charge is 0.246 e. The van der Waals surface area contributed by atoms with E-state index in [0.717, 1.165) is 40.8 Å². The summed E-state index contributed by atoms with van der Waals surface area (Å²) >= 11 is 0. The summed E-state index contributed by atoms with van der Waals surface area (Å²) in [7, 11) is 1.84. The van der Waals surface area contributed by atoms with Crippen LogP contribution in [0.3, 0.4) is 0 Å². The maximum Gasteiger partial charge on any atom is 0.246 e. The molecule has 1 aliphatic rings. The van der Waals surface area contributed by atoms with E-state index in [0.29, 0.717) is 28.9 Å². The highest BCUT2D eigenvalue weighted by Crippen LogP contribution is 2.42. The zero-order chi connectivity index (χ0) is 20.9. The zero-order valence-corrected chi connectivity index (χ0v) is 16.8. The fourth-order valence-electron chi connectivity index (χ4n) is 3.87. The van der Waals surface area contributed by atoms with Crippen molar-refractivity contribution < 1.29 is 8.81 Å². The number of oxazole rings is 1. The number of hydrogen-bond donors (Lipinski definition) is 0. The first kappa shape index (κ1) is 17.9. The Balaban J connectivity index is 1.56. The van der Waals surface area contributed by atoms with Crippen LogP contribution >= 0.6 is 0 Å². The normalized spacial score (nSPS) is 13.7. The number of para-hydroxylation sites is 2. The summed E-state index contributed by atoms with van der Waals surface area (Å²) in [6.45, 7) is 0. The largest absolute Gasteiger partial charge is 0.435 e. The van der Waals surface area contributed by atoms with Gasteiger partial charge in [-0.2, -0.15) is 0 Å². The molecule has 0 saturated heterocycles. The summed E-state index contributed by atoms with van der Waals surface area (Å²) in [6, 6.07) is 16.4. The Hall–Kier alpha value is -3.87. The molecule has 0 radical (unpaired) electrons. The second-order valence-corrected chi connectivity index (χ2v) is 7.88. The third-order valence-electron chi connectivity index (χ3n) is 5.60. The molecule has 152 valence electrons. The Morgan fingerprint density at radius 2 is 1.87 bits per heavy atom. The second-order valence-electron chi connectivity index (χ2n) is 7.88. The molecule has 1 fully saturated rings. The molecule has 6 nitrogen and oxygen atoms in total. The van der Waals surface area contributed by atoms with Crippen LogP contribution in [0.2, 0.25) is 0 Å². The molecule has 0 spiro atoms. The molecule has 3 aromatic heterocycles. The fourth-order valence-corrected chi connectivity index (χ4v) is 3.87. The molecule has 0 bridgehead atoms. The number of hydrogen-bond acceptors (Lipinski definition) is 5. The molecule has 31 heavy (non-hydrogen) atoms. The predicted octanol–water partition coefficient (Wildman–Crippen LogP) is 5.37. The van der Waals surface area contributed by atoms with E-state index in [1.54, 1.807) is 17.0 Å². The molecule has 0 aliphatic heterocycles. The van der Waals surface area contributed by atoms with Crippen LogP contribution in [0.25, 0.3) is 45.2 Å². The maximum atomic E-state index is 14.2. The summed E-state index contributed by atoms with van der Waals surface area (Å²) in [5, 5.41) is 8.15. The average Bonchev–Trinajstić information content (AvgIpc) is 3.40. The lowest BCUT2D eigenvalue weighted by atomic mass is 9.97. The van der Waals surface area contributed by atoms with Crippen molar-refractivity contribution in [3.63, 3.8) is 0 Å². The molecule has 0 amide bonds. The molecule has 1 aliphatic carbocycles. The Labute approximate surface area is 177 Å². The number of benzene rings is 2. The first-order valence-corrected chi connectivity index (χ1v) is 10.2. The third kappa shape index (κ3) is 3.18. The van der Waals surface area contributed by atoms with Gasteiger partial charge in [0.1, 0.15) is 23.4 Å². The minimum atomic E-state index is -0.322. The topological polar surface area (TPSA) is 69.6 Å². The molecular weight excluding hydrogens is 393 g/mol. The molecule has 7 heteroatoms. The molecule has 0 N–H and O–H groups in total. The highest BCUT2D eigenvalue weighted by atomic mass is 19.1. The number of pyridine rings is 1. The highest BCUT2D eigenvalue weighted by molar-refractivity contribution is 5.83. The lowest BCUT2D eigenvalue weighted by Crippen LogP contribution is -1.97.